The number of hydrogen-bond donors (Lipinski definition) is 2. The summed E-state index contributed by atoms with van der Waals surface area (Å²) in [7, 11) is 0. The quantitative estimate of drug-likeness (QED) is 0.576. The van der Waals surface area contributed by atoms with Gasteiger partial charge in [0, 0.05) is 18.8 Å². The van der Waals surface area contributed by atoms with Crippen LogP contribution in [-0.2, 0) is 14.3 Å². The Bertz CT molecular complexity index is 985. The predicted molar refractivity (Wildman–Crippen MR) is 135 cm³/mol. The third kappa shape index (κ3) is 7.48. The summed E-state index contributed by atoms with van der Waals surface area (Å²) in [6.07, 6.45) is 6.90. The number of aliphatic hydroxyl groups excluding tert-OH is 2. The lowest BCUT2D eigenvalue weighted by Crippen LogP contribution is -2.45. The van der Waals surface area contributed by atoms with E-state index < -0.39 is 35.6 Å². The molecule has 0 unspecified atom stereocenters. The number of ether oxygens (including phenoxy) is 1. The summed E-state index contributed by atoms with van der Waals surface area (Å²) in [5, 5.41) is 21.6. The molecule has 2 N–H and O–H groups in total. The Kier molecular flexibility index (Phi) is 9.81. The Balaban J connectivity index is 2.45. The minimum atomic E-state index is -1.25. The Hall–Kier alpha value is -2.51. The van der Waals surface area contributed by atoms with E-state index in [0.29, 0.717) is 18.0 Å². The number of aliphatic hydroxyl groups is 2. The predicted octanol–water partition coefficient (Wildman–Crippen LogP) is 4.82. The van der Waals surface area contributed by atoms with Crippen molar-refractivity contribution < 1.29 is 29.0 Å². The number of hydrogen-bond acceptors (Lipinski definition) is 7. The van der Waals surface area contributed by atoms with Gasteiger partial charge in [-0.15, -0.1) is 0 Å². The smallest absolute Gasteiger partial charge is 0.309 e. The first-order valence-corrected chi connectivity index (χ1v) is 12.3. The number of oxazole rings is 1. The summed E-state index contributed by atoms with van der Waals surface area (Å²) >= 11 is 0. The number of ketones is 1. The number of aryl methyl sites for hydroxylation is 1. The lowest BCUT2D eigenvalue weighted by molar-refractivity contribution is -0.155. The summed E-state index contributed by atoms with van der Waals surface area (Å²) < 4.78 is 11.1. The maximum Gasteiger partial charge on any atom is 0.309 e. The first kappa shape index (κ1) is 28.7. The highest BCUT2D eigenvalue weighted by Crippen LogP contribution is 2.32. The lowest BCUT2D eigenvalue weighted by atomic mass is 9.73. The van der Waals surface area contributed by atoms with Gasteiger partial charge >= 0.3 is 5.97 Å². The molecule has 194 valence electrons. The van der Waals surface area contributed by atoms with Gasteiger partial charge in [-0.05, 0) is 37.8 Å². The van der Waals surface area contributed by atoms with E-state index in [-0.39, 0.29) is 24.0 Å². The van der Waals surface area contributed by atoms with Crippen LogP contribution in [0.5, 0.6) is 0 Å². The number of carbonyl (C=O) groups is 2. The number of rotatable bonds is 2. The first-order valence-electron chi connectivity index (χ1n) is 12.3. The molecule has 1 aliphatic heterocycles. The van der Waals surface area contributed by atoms with Gasteiger partial charge in [-0.2, -0.15) is 0 Å². The van der Waals surface area contributed by atoms with E-state index in [1.165, 1.54) is 0 Å². The van der Waals surface area contributed by atoms with E-state index in [1.807, 2.05) is 52.0 Å². The minimum absolute atomic E-state index is 0.148. The highest BCUT2D eigenvalue weighted by molar-refractivity contribution is 5.88. The summed E-state index contributed by atoms with van der Waals surface area (Å²) in [5.41, 5.74) is 1.17. The van der Waals surface area contributed by atoms with E-state index in [2.05, 4.69) is 4.98 Å². The van der Waals surface area contributed by atoms with Gasteiger partial charge in [0.05, 0.1) is 24.0 Å². The Morgan fingerprint density at radius 2 is 1.83 bits per heavy atom. The van der Waals surface area contributed by atoms with Gasteiger partial charge in [0.25, 0.3) is 0 Å². The molecule has 7 heteroatoms. The highest BCUT2D eigenvalue weighted by Gasteiger charge is 2.42. The SMILES string of the molecule is CC1=C[C@H](C)[C@@H](C(C)=Cc2coc(C)n2)OC(=O)C[C@H](O)C(C)(C)C(=O)[C@H](C)[C@@H](O)[C@@H](C)CC=C1. The van der Waals surface area contributed by atoms with Crippen LogP contribution < -0.4 is 0 Å². The number of aromatic nitrogens is 1. The molecule has 0 amide bonds. The van der Waals surface area contributed by atoms with Gasteiger partial charge in [0.15, 0.2) is 5.89 Å². The Morgan fingerprint density at radius 3 is 2.43 bits per heavy atom. The van der Waals surface area contributed by atoms with Crippen LogP contribution in [0.25, 0.3) is 6.08 Å². The van der Waals surface area contributed by atoms with E-state index in [1.54, 1.807) is 34.0 Å². The maximum atomic E-state index is 13.2. The van der Waals surface area contributed by atoms with Crippen molar-refractivity contribution in [1.82, 2.24) is 4.98 Å². The third-order valence-corrected chi connectivity index (χ3v) is 6.95. The number of Topliss-reactive ketones (excluding diaryl/α,β-unsaturated/α-hetero) is 1. The van der Waals surface area contributed by atoms with E-state index >= 15 is 0 Å². The highest BCUT2D eigenvalue weighted by atomic mass is 16.5. The second-order valence-electron chi connectivity index (χ2n) is 10.6. The van der Waals surface area contributed by atoms with E-state index in [9.17, 15) is 19.8 Å². The molecule has 0 saturated carbocycles. The van der Waals surface area contributed by atoms with E-state index in [4.69, 9.17) is 9.15 Å². The van der Waals surface area contributed by atoms with E-state index in [0.717, 1.165) is 11.1 Å². The molecule has 2 rings (SSSR count). The summed E-state index contributed by atoms with van der Waals surface area (Å²) in [5.74, 6) is -1.36. The van der Waals surface area contributed by atoms with Crippen LogP contribution in [0.1, 0.15) is 72.9 Å². The zero-order valence-electron chi connectivity index (χ0n) is 22.2. The number of allylic oxidation sites excluding steroid dienone is 3. The Labute approximate surface area is 209 Å². The van der Waals surface area contributed by atoms with Crippen LogP contribution in [0.3, 0.4) is 0 Å². The molecule has 0 saturated heterocycles. The van der Waals surface area contributed by atoms with Crippen LogP contribution in [0.4, 0.5) is 0 Å². The molecule has 7 nitrogen and oxygen atoms in total. The number of nitrogens with zero attached hydrogens (tertiary/aromatic N) is 1. The van der Waals surface area contributed by atoms with Crippen molar-refractivity contribution in [2.45, 2.75) is 86.5 Å². The Morgan fingerprint density at radius 1 is 1.17 bits per heavy atom. The molecule has 0 spiro atoms. The normalized spacial score (nSPS) is 31.7. The topological polar surface area (TPSA) is 110 Å². The number of carbonyl (C=O) groups excluding carboxylic acids is 2. The number of cyclic esters (lactones) is 1. The van der Waals surface area contributed by atoms with Crippen molar-refractivity contribution in [2.24, 2.45) is 23.2 Å². The molecule has 0 bridgehead atoms. The van der Waals surface area contributed by atoms with Crippen LogP contribution in [0, 0.1) is 30.1 Å². The first-order chi connectivity index (χ1) is 16.2. The van der Waals surface area contributed by atoms with Crippen molar-refractivity contribution in [1.29, 1.82) is 0 Å². The zero-order valence-corrected chi connectivity index (χ0v) is 22.2. The lowest BCUT2D eigenvalue weighted by Gasteiger charge is -2.34. The molecule has 1 aromatic rings. The summed E-state index contributed by atoms with van der Waals surface area (Å²) in [6, 6.07) is 0. The second-order valence-corrected chi connectivity index (χ2v) is 10.6. The van der Waals surface area contributed by atoms with Gasteiger partial charge in [-0.3, -0.25) is 9.59 Å². The summed E-state index contributed by atoms with van der Waals surface area (Å²) in [4.78, 5) is 30.4. The molecule has 1 aromatic heterocycles. The monoisotopic (exact) mass is 487 g/mol. The fraction of sp³-hybridized carbons (Fsp3) is 0.607. The minimum Gasteiger partial charge on any atom is -0.457 e. The fourth-order valence-corrected chi connectivity index (χ4v) is 4.54. The maximum absolute atomic E-state index is 13.2. The van der Waals surface area contributed by atoms with Crippen molar-refractivity contribution >= 4 is 17.8 Å². The van der Waals surface area contributed by atoms with Gasteiger partial charge in [0.1, 0.15) is 23.8 Å². The standard InChI is InChI=1S/C28H41NO6/c1-16-10-9-11-17(2)25(32)20(5)27(33)28(7,8)23(30)14-24(31)35-26(18(3)12-16)19(4)13-22-15-34-21(6)29-22/h9-10,12-13,15,17-18,20,23,25-26,30,32H,11,14H2,1-8H3/t17-,18-,20+,23-,25-,26-/m0/s1. The molecule has 0 fully saturated rings. The molecule has 1 aliphatic rings. The molecule has 0 aliphatic carbocycles. The molecule has 0 aromatic carbocycles. The molecule has 0 radical (unpaired) electrons. The van der Waals surface area contributed by atoms with Gasteiger partial charge in [0.2, 0.25) is 0 Å². The third-order valence-electron chi connectivity index (χ3n) is 6.95. The largest absolute Gasteiger partial charge is 0.457 e. The zero-order chi connectivity index (χ0) is 26.5. The summed E-state index contributed by atoms with van der Waals surface area (Å²) in [6.45, 7) is 14.3. The molecular weight excluding hydrogens is 446 g/mol. The van der Waals surface area contributed by atoms with Crippen molar-refractivity contribution in [3.05, 3.63) is 47.2 Å². The average Bonchev–Trinajstić information content (AvgIpc) is 3.19. The van der Waals surface area contributed by atoms with Crippen molar-refractivity contribution in [2.75, 3.05) is 0 Å². The second kappa shape index (κ2) is 12.0. The van der Waals surface area contributed by atoms with Crippen LogP contribution in [0.2, 0.25) is 0 Å². The van der Waals surface area contributed by atoms with Gasteiger partial charge < -0.3 is 19.4 Å². The number of esters is 1. The van der Waals surface area contributed by atoms with Crippen LogP contribution in [-0.4, -0.2) is 45.3 Å². The van der Waals surface area contributed by atoms with Crippen LogP contribution in [0.15, 0.2) is 40.1 Å². The van der Waals surface area contributed by atoms with Crippen molar-refractivity contribution in [3.8, 4) is 0 Å². The fourth-order valence-electron chi connectivity index (χ4n) is 4.54. The molecule has 35 heavy (non-hydrogen) atoms. The molecule has 6 atom stereocenters. The van der Waals surface area contributed by atoms with Gasteiger partial charge in [-0.1, -0.05) is 58.4 Å². The average molecular weight is 488 g/mol. The van der Waals surface area contributed by atoms with Crippen LogP contribution >= 0.6 is 0 Å². The van der Waals surface area contributed by atoms with Crippen molar-refractivity contribution in [3.63, 3.8) is 0 Å². The molecular formula is C28H41NO6. The molecule has 2 heterocycles. The van der Waals surface area contributed by atoms with Gasteiger partial charge in [-0.25, -0.2) is 4.98 Å².